The fraction of sp³-hybridized carbons (Fsp3) is 0.143. The van der Waals surface area contributed by atoms with Crippen molar-refractivity contribution in [3.8, 4) is 0 Å². The molecule has 0 aliphatic carbocycles. The van der Waals surface area contributed by atoms with Gasteiger partial charge in [-0.2, -0.15) is 0 Å². The van der Waals surface area contributed by atoms with E-state index in [4.69, 9.17) is 0 Å². The van der Waals surface area contributed by atoms with Gasteiger partial charge in [0.2, 0.25) is 5.91 Å². The third kappa shape index (κ3) is 2.85. The number of benzene rings is 1. The molecule has 0 spiro atoms. The third-order valence-electron chi connectivity index (χ3n) is 2.68. The van der Waals surface area contributed by atoms with Gasteiger partial charge in [-0.25, -0.2) is 0 Å². The van der Waals surface area contributed by atoms with E-state index in [0.717, 1.165) is 17.1 Å². The Bertz CT molecular complexity index is 541. The Morgan fingerprint density at radius 3 is 2.56 bits per heavy atom. The Kier molecular flexibility index (Phi) is 3.57. The van der Waals surface area contributed by atoms with Crippen molar-refractivity contribution in [1.82, 2.24) is 4.98 Å². The SMILES string of the molecule is CC(=O)N(C)c1ccc(N=Cc2ccc[nH]2)cc1. The predicted octanol–water partition coefficient (Wildman–Crippen LogP) is 2.75. The summed E-state index contributed by atoms with van der Waals surface area (Å²) in [6.45, 7) is 1.54. The summed E-state index contributed by atoms with van der Waals surface area (Å²) in [4.78, 5) is 20.2. The molecule has 0 saturated heterocycles. The largest absolute Gasteiger partial charge is 0.360 e. The van der Waals surface area contributed by atoms with Crippen LogP contribution < -0.4 is 4.90 Å². The molecule has 1 aromatic carbocycles. The molecule has 1 heterocycles. The minimum atomic E-state index is 0.0117. The lowest BCUT2D eigenvalue weighted by molar-refractivity contribution is -0.116. The minimum absolute atomic E-state index is 0.0117. The number of carbonyl (C=O) groups is 1. The number of nitrogens with one attached hydrogen (secondary N) is 1. The maximum Gasteiger partial charge on any atom is 0.223 e. The molecule has 2 rings (SSSR count). The lowest BCUT2D eigenvalue weighted by atomic mass is 10.2. The number of aliphatic imine (C=N–C) groups is 1. The monoisotopic (exact) mass is 241 g/mol. The molecule has 0 aliphatic rings. The van der Waals surface area contributed by atoms with Crippen LogP contribution in [0.1, 0.15) is 12.6 Å². The quantitative estimate of drug-likeness (QED) is 0.825. The highest BCUT2D eigenvalue weighted by atomic mass is 16.2. The van der Waals surface area contributed by atoms with Gasteiger partial charge in [-0.15, -0.1) is 0 Å². The Labute approximate surface area is 106 Å². The lowest BCUT2D eigenvalue weighted by Gasteiger charge is -2.14. The molecular weight excluding hydrogens is 226 g/mol. The van der Waals surface area contributed by atoms with Crippen LogP contribution in [0.3, 0.4) is 0 Å². The molecular formula is C14H15N3O. The van der Waals surface area contributed by atoms with Gasteiger partial charge in [-0.05, 0) is 36.4 Å². The Hall–Kier alpha value is -2.36. The zero-order valence-corrected chi connectivity index (χ0v) is 10.4. The zero-order chi connectivity index (χ0) is 13.0. The summed E-state index contributed by atoms with van der Waals surface area (Å²) in [7, 11) is 1.75. The van der Waals surface area contributed by atoms with Crippen molar-refractivity contribution in [3.63, 3.8) is 0 Å². The zero-order valence-electron chi connectivity index (χ0n) is 10.4. The Morgan fingerprint density at radius 2 is 2.00 bits per heavy atom. The molecule has 1 amide bonds. The number of nitrogens with zero attached hydrogens (tertiary/aromatic N) is 2. The second-order valence-corrected chi connectivity index (χ2v) is 3.98. The van der Waals surface area contributed by atoms with E-state index in [9.17, 15) is 4.79 Å². The van der Waals surface area contributed by atoms with Crippen LogP contribution in [0, 0.1) is 0 Å². The van der Waals surface area contributed by atoms with Crippen LogP contribution in [0.5, 0.6) is 0 Å². The number of H-pyrrole nitrogens is 1. The number of carbonyl (C=O) groups excluding carboxylic acids is 1. The minimum Gasteiger partial charge on any atom is -0.360 e. The standard InChI is InChI=1S/C14H15N3O/c1-11(18)17(2)14-7-5-12(6-8-14)16-10-13-4-3-9-15-13/h3-10,15H,1-2H3. The van der Waals surface area contributed by atoms with Crippen LogP contribution in [-0.2, 0) is 4.79 Å². The maximum absolute atomic E-state index is 11.2. The average Bonchev–Trinajstić information content (AvgIpc) is 2.89. The summed E-state index contributed by atoms with van der Waals surface area (Å²) in [5.74, 6) is 0.0117. The molecule has 4 nitrogen and oxygen atoms in total. The van der Waals surface area contributed by atoms with Crippen LogP contribution in [0.15, 0.2) is 47.6 Å². The van der Waals surface area contributed by atoms with Crippen LogP contribution in [0.2, 0.25) is 0 Å². The Balaban J connectivity index is 2.11. The van der Waals surface area contributed by atoms with Crippen molar-refractivity contribution < 1.29 is 4.79 Å². The summed E-state index contributed by atoms with van der Waals surface area (Å²) in [6.07, 6.45) is 3.62. The summed E-state index contributed by atoms with van der Waals surface area (Å²) < 4.78 is 0. The van der Waals surface area contributed by atoms with Gasteiger partial charge in [-0.1, -0.05) is 0 Å². The van der Waals surface area contributed by atoms with Gasteiger partial charge in [0.05, 0.1) is 17.6 Å². The van der Waals surface area contributed by atoms with Crippen LogP contribution in [0.25, 0.3) is 0 Å². The second kappa shape index (κ2) is 5.31. The number of amides is 1. The van der Waals surface area contributed by atoms with Crippen molar-refractivity contribution in [2.24, 2.45) is 4.99 Å². The highest BCUT2D eigenvalue weighted by Crippen LogP contribution is 2.18. The fourth-order valence-electron chi connectivity index (χ4n) is 1.51. The van der Waals surface area contributed by atoms with E-state index in [1.165, 1.54) is 6.92 Å². The van der Waals surface area contributed by atoms with E-state index in [0.29, 0.717) is 0 Å². The lowest BCUT2D eigenvalue weighted by Crippen LogP contribution is -2.22. The van der Waals surface area contributed by atoms with Gasteiger partial charge in [0.15, 0.2) is 0 Å². The number of aromatic amines is 1. The molecule has 0 atom stereocenters. The number of anilines is 1. The summed E-state index contributed by atoms with van der Waals surface area (Å²) in [5, 5.41) is 0. The van der Waals surface area contributed by atoms with Crippen LogP contribution >= 0.6 is 0 Å². The van der Waals surface area contributed by atoms with Gasteiger partial charge in [0.25, 0.3) is 0 Å². The number of hydrogen-bond acceptors (Lipinski definition) is 2. The molecule has 0 radical (unpaired) electrons. The topological polar surface area (TPSA) is 48.5 Å². The highest BCUT2D eigenvalue weighted by molar-refractivity contribution is 5.91. The Morgan fingerprint density at radius 1 is 1.28 bits per heavy atom. The van der Waals surface area contributed by atoms with E-state index in [-0.39, 0.29) is 5.91 Å². The fourth-order valence-corrected chi connectivity index (χ4v) is 1.51. The molecule has 0 unspecified atom stereocenters. The van der Waals surface area contributed by atoms with E-state index in [1.807, 2.05) is 42.6 Å². The normalized spacial score (nSPS) is 10.8. The molecule has 2 aromatic rings. The summed E-state index contributed by atoms with van der Waals surface area (Å²) >= 11 is 0. The molecule has 1 aromatic heterocycles. The van der Waals surface area contributed by atoms with E-state index >= 15 is 0 Å². The second-order valence-electron chi connectivity index (χ2n) is 3.98. The average molecular weight is 241 g/mol. The smallest absolute Gasteiger partial charge is 0.223 e. The van der Waals surface area contributed by atoms with Gasteiger partial charge in [0, 0.05) is 25.9 Å². The molecule has 0 bridgehead atoms. The number of rotatable bonds is 3. The van der Waals surface area contributed by atoms with Crippen molar-refractivity contribution in [1.29, 1.82) is 0 Å². The van der Waals surface area contributed by atoms with E-state index in [1.54, 1.807) is 18.2 Å². The first-order valence-electron chi connectivity index (χ1n) is 5.68. The van der Waals surface area contributed by atoms with Gasteiger partial charge in [-0.3, -0.25) is 9.79 Å². The molecule has 0 saturated carbocycles. The predicted molar refractivity (Wildman–Crippen MR) is 73.6 cm³/mol. The molecule has 4 heteroatoms. The van der Waals surface area contributed by atoms with Gasteiger partial charge < -0.3 is 9.88 Å². The maximum atomic E-state index is 11.2. The van der Waals surface area contributed by atoms with E-state index in [2.05, 4.69) is 9.98 Å². The molecule has 1 N–H and O–H groups in total. The number of aromatic nitrogens is 1. The van der Waals surface area contributed by atoms with Crippen molar-refractivity contribution in [2.75, 3.05) is 11.9 Å². The van der Waals surface area contributed by atoms with Gasteiger partial charge >= 0.3 is 0 Å². The first-order chi connectivity index (χ1) is 8.66. The third-order valence-corrected chi connectivity index (χ3v) is 2.68. The highest BCUT2D eigenvalue weighted by Gasteiger charge is 2.04. The molecule has 92 valence electrons. The van der Waals surface area contributed by atoms with E-state index < -0.39 is 0 Å². The van der Waals surface area contributed by atoms with Crippen LogP contribution in [0.4, 0.5) is 11.4 Å². The molecule has 0 aliphatic heterocycles. The van der Waals surface area contributed by atoms with Crippen molar-refractivity contribution in [3.05, 3.63) is 48.3 Å². The molecule has 0 fully saturated rings. The molecule has 18 heavy (non-hydrogen) atoms. The summed E-state index contributed by atoms with van der Waals surface area (Å²) in [5.41, 5.74) is 2.67. The first kappa shape index (κ1) is 12.1. The van der Waals surface area contributed by atoms with Crippen molar-refractivity contribution in [2.45, 2.75) is 6.92 Å². The van der Waals surface area contributed by atoms with Crippen LogP contribution in [-0.4, -0.2) is 24.2 Å². The number of hydrogen-bond donors (Lipinski definition) is 1. The summed E-state index contributed by atoms with van der Waals surface area (Å²) in [6, 6.07) is 11.4. The first-order valence-corrected chi connectivity index (χ1v) is 5.68. The van der Waals surface area contributed by atoms with Crippen molar-refractivity contribution >= 4 is 23.5 Å². The van der Waals surface area contributed by atoms with Gasteiger partial charge in [0.1, 0.15) is 0 Å².